The Morgan fingerprint density at radius 1 is 1.22 bits per heavy atom. The highest BCUT2D eigenvalue weighted by molar-refractivity contribution is 5.59. The third-order valence-electron chi connectivity index (χ3n) is 3.14. The van der Waals surface area contributed by atoms with Crippen LogP contribution in [0, 0.1) is 17.6 Å². The lowest BCUT2D eigenvalue weighted by molar-refractivity contribution is 0.127. The van der Waals surface area contributed by atoms with Crippen molar-refractivity contribution in [3.63, 3.8) is 0 Å². The second-order valence-electron chi connectivity index (χ2n) is 4.56. The molecule has 1 aliphatic rings. The number of halogens is 2. The summed E-state index contributed by atoms with van der Waals surface area (Å²) < 4.78 is 25.9. The zero-order valence-electron chi connectivity index (χ0n) is 10.2. The van der Waals surface area contributed by atoms with Crippen molar-refractivity contribution in [3.8, 4) is 0 Å². The number of rotatable bonds is 4. The van der Waals surface area contributed by atoms with Gasteiger partial charge < -0.3 is 4.84 Å². The highest BCUT2D eigenvalue weighted by Crippen LogP contribution is 2.22. The maximum atomic E-state index is 13.3. The summed E-state index contributed by atoms with van der Waals surface area (Å²) in [6.07, 6.45) is 8.81. The summed E-state index contributed by atoms with van der Waals surface area (Å²) in [7, 11) is 0. The minimum Gasteiger partial charge on any atom is -0.391 e. The van der Waals surface area contributed by atoms with Gasteiger partial charge in [-0.1, -0.05) is 24.4 Å². The summed E-state index contributed by atoms with van der Waals surface area (Å²) in [5, 5.41) is 3.74. The Hall–Kier alpha value is -1.45. The average molecular weight is 252 g/mol. The van der Waals surface area contributed by atoms with Crippen molar-refractivity contribution in [2.24, 2.45) is 11.1 Å². The largest absolute Gasteiger partial charge is 0.391 e. The Morgan fingerprint density at radius 3 is 2.72 bits per heavy atom. The highest BCUT2D eigenvalue weighted by Gasteiger charge is 2.11. The van der Waals surface area contributed by atoms with Crippen molar-refractivity contribution in [1.29, 1.82) is 0 Å². The van der Waals surface area contributed by atoms with E-state index >= 15 is 0 Å². The molecule has 4 heteroatoms. The summed E-state index contributed by atoms with van der Waals surface area (Å²) in [5.41, 5.74) is 0.297. The van der Waals surface area contributed by atoms with Crippen LogP contribution in [0.2, 0.25) is 0 Å². The van der Waals surface area contributed by atoms with E-state index in [-0.39, 0.29) is 6.61 Å². The van der Waals surface area contributed by atoms with Gasteiger partial charge in [-0.3, -0.25) is 0 Å². The monoisotopic (exact) mass is 252 g/mol. The number of benzene rings is 1. The van der Waals surface area contributed by atoms with Gasteiger partial charge in [0.2, 0.25) is 0 Å². The first-order valence-electron chi connectivity index (χ1n) is 6.27. The molecule has 0 heterocycles. The summed E-state index contributed by atoms with van der Waals surface area (Å²) in [4.78, 5) is 4.99. The topological polar surface area (TPSA) is 21.6 Å². The van der Waals surface area contributed by atoms with Crippen LogP contribution in [0.15, 0.2) is 23.4 Å². The van der Waals surface area contributed by atoms with Crippen molar-refractivity contribution in [3.05, 3.63) is 35.4 Å². The fourth-order valence-electron chi connectivity index (χ4n) is 2.08. The Bertz CT molecular complexity index is 414. The Balaban J connectivity index is 1.78. The molecule has 0 N–H and O–H groups in total. The predicted octanol–water partition coefficient (Wildman–Crippen LogP) is 3.92. The molecule has 1 aromatic carbocycles. The van der Waals surface area contributed by atoms with E-state index in [0.717, 1.165) is 18.9 Å². The Kier molecular flexibility index (Phi) is 4.67. The first-order valence-corrected chi connectivity index (χ1v) is 6.27. The quantitative estimate of drug-likeness (QED) is 0.588. The van der Waals surface area contributed by atoms with Gasteiger partial charge in [-0.15, -0.1) is 0 Å². The van der Waals surface area contributed by atoms with E-state index in [0.29, 0.717) is 11.5 Å². The number of nitrogens with zero attached hydrogens (tertiary/aromatic N) is 1. The van der Waals surface area contributed by atoms with Crippen molar-refractivity contribution in [2.75, 3.05) is 0 Å². The lowest BCUT2D eigenvalue weighted by Crippen LogP contribution is -2.07. The molecule has 1 fully saturated rings. The second-order valence-corrected chi connectivity index (χ2v) is 4.56. The molecule has 2 nitrogen and oxygen atoms in total. The molecule has 0 saturated heterocycles. The SMILES string of the molecule is Fc1ccc(CO/N=[C]\C2CCCCC2)c(F)c1. The summed E-state index contributed by atoms with van der Waals surface area (Å²) >= 11 is 0. The molecule has 1 radical (unpaired) electrons. The number of hydrogen-bond acceptors (Lipinski definition) is 2. The van der Waals surface area contributed by atoms with Crippen molar-refractivity contribution in [2.45, 2.75) is 38.7 Å². The van der Waals surface area contributed by atoms with Crippen molar-refractivity contribution < 1.29 is 13.6 Å². The fraction of sp³-hybridized carbons (Fsp3) is 0.500. The van der Waals surface area contributed by atoms with Crippen LogP contribution >= 0.6 is 0 Å². The van der Waals surface area contributed by atoms with Crippen LogP contribution < -0.4 is 0 Å². The minimum atomic E-state index is -0.608. The number of hydrogen-bond donors (Lipinski definition) is 0. The van der Waals surface area contributed by atoms with E-state index in [9.17, 15) is 8.78 Å². The van der Waals surface area contributed by atoms with Gasteiger partial charge in [-0.25, -0.2) is 8.78 Å². The van der Waals surface area contributed by atoms with Crippen LogP contribution in [0.25, 0.3) is 0 Å². The normalized spacial score (nSPS) is 17.2. The van der Waals surface area contributed by atoms with Crippen molar-refractivity contribution in [1.82, 2.24) is 0 Å². The van der Waals surface area contributed by atoms with E-state index in [1.54, 1.807) is 0 Å². The third kappa shape index (κ3) is 3.79. The predicted molar refractivity (Wildman–Crippen MR) is 65.2 cm³/mol. The summed E-state index contributed by atoms with van der Waals surface area (Å²) in [6.45, 7) is 0.00579. The molecule has 0 spiro atoms. The van der Waals surface area contributed by atoms with E-state index in [1.165, 1.54) is 31.4 Å². The lowest BCUT2D eigenvalue weighted by atomic mass is 9.90. The molecule has 1 aromatic rings. The van der Waals surface area contributed by atoms with Crippen LogP contribution in [0.4, 0.5) is 8.78 Å². The molecule has 2 rings (SSSR count). The molecule has 0 aliphatic heterocycles. The second kappa shape index (κ2) is 6.47. The lowest BCUT2D eigenvalue weighted by Gasteiger charge is -2.15. The summed E-state index contributed by atoms with van der Waals surface area (Å²) in [5.74, 6) is -0.840. The smallest absolute Gasteiger partial charge is 0.145 e. The molecule has 1 saturated carbocycles. The van der Waals surface area contributed by atoms with Gasteiger partial charge in [0.1, 0.15) is 24.5 Å². The van der Waals surface area contributed by atoms with Crippen LogP contribution in [0.1, 0.15) is 37.7 Å². The van der Waals surface area contributed by atoms with Crippen LogP contribution in [0.3, 0.4) is 0 Å². The van der Waals surface area contributed by atoms with Gasteiger partial charge in [-0.2, -0.15) is 0 Å². The molecule has 0 unspecified atom stereocenters. The van der Waals surface area contributed by atoms with E-state index in [1.807, 2.05) is 0 Å². The van der Waals surface area contributed by atoms with E-state index < -0.39 is 11.6 Å². The molecule has 97 valence electrons. The Labute approximate surface area is 106 Å². The maximum Gasteiger partial charge on any atom is 0.145 e. The van der Waals surface area contributed by atoms with Gasteiger partial charge in [0.05, 0.1) is 0 Å². The van der Waals surface area contributed by atoms with Gasteiger partial charge in [0, 0.05) is 17.5 Å². The molecule has 1 aliphatic carbocycles. The fourth-order valence-corrected chi connectivity index (χ4v) is 2.08. The van der Waals surface area contributed by atoms with Gasteiger partial charge >= 0.3 is 0 Å². The van der Waals surface area contributed by atoms with Crippen LogP contribution in [-0.2, 0) is 11.4 Å². The molecule has 0 amide bonds. The third-order valence-corrected chi connectivity index (χ3v) is 3.14. The zero-order chi connectivity index (χ0) is 12.8. The molecule has 0 atom stereocenters. The van der Waals surface area contributed by atoms with Gasteiger partial charge in [-0.05, 0) is 25.0 Å². The summed E-state index contributed by atoms with van der Waals surface area (Å²) in [6, 6.07) is 3.41. The molecular weight excluding hydrogens is 236 g/mol. The van der Waals surface area contributed by atoms with Crippen molar-refractivity contribution >= 4 is 6.21 Å². The van der Waals surface area contributed by atoms with E-state index in [2.05, 4.69) is 11.4 Å². The zero-order valence-corrected chi connectivity index (χ0v) is 10.2. The minimum absolute atomic E-state index is 0.00579. The molecular formula is C14H16F2NO. The molecule has 0 aromatic heterocycles. The van der Waals surface area contributed by atoms with E-state index in [4.69, 9.17) is 4.84 Å². The van der Waals surface area contributed by atoms with Crippen LogP contribution in [0.5, 0.6) is 0 Å². The molecule has 18 heavy (non-hydrogen) atoms. The molecule has 0 bridgehead atoms. The standard InChI is InChI=1S/C14H16F2NO/c15-13-7-6-12(14(16)8-13)10-18-17-9-11-4-2-1-3-5-11/h6-8,11H,1-5,10H2. The Morgan fingerprint density at radius 2 is 2.00 bits per heavy atom. The highest BCUT2D eigenvalue weighted by atomic mass is 19.1. The first kappa shape index (κ1) is 13.0. The average Bonchev–Trinajstić information content (AvgIpc) is 2.38. The van der Waals surface area contributed by atoms with Gasteiger partial charge in [0.15, 0.2) is 0 Å². The first-order chi connectivity index (χ1) is 8.75. The van der Waals surface area contributed by atoms with Gasteiger partial charge in [0.25, 0.3) is 0 Å². The maximum absolute atomic E-state index is 13.3. The van der Waals surface area contributed by atoms with Crippen LogP contribution in [-0.4, -0.2) is 6.21 Å².